The van der Waals surface area contributed by atoms with Gasteiger partial charge >= 0.3 is 0 Å². The number of imidazole rings is 2. The molecule has 0 fully saturated rings. The molecule has 0 atom stereocenters. The van der Waals surface area contributed by atoms with Crippen LogP contribution >= 0.6 is 22.7 Å². The second-order valence-corrected chi connectivity index (χ2v) is 37.6. The molecule has 2 aliphatic heterocycles. The topological polar surface area (TPSA) is 78.8 Å². The Hall–Kier alpha value is -13.6. The van der Waals surface area contributed by atoms with E-state index in [2.05, 4.69) is 149 Å². The molecule has 14 aromatic carbocycles. The third-order valence-electron chi connectivity index (χ3n) is 28.2. The molecule has 8 heterocycles. The predicted octanol–water partition coefficient (Wildman–Crippen LogP) is 31.9. The molecule has 0 amide bonds. The molecule has 0 bridgehead atoms. The highest BCUT2D eigenvalue weighted by molar-refractivity contribution is 7.24. The lowest BCUT2D eigenvalue weighted by Gasteiger charge is -2.42. The van der Waals surface area contributed by atoms with Crippen LogP contribution in [0.2, 0.25) is 0 Å². The van der Waals surface area contributed by atoms with Gasteiger partial charge in [0, 0.05) is 123 Å². The van der Waals surface area contributed by atoms with Crippen molar-refractivity contribution < 1.29 is 31.4 Å². The first-order valence-corrected chi connectivity index (χ1v) is 44.3. The maximum Gasteiger partial charge on any atom is 0.195 e. The van der Waals surface area contributed by atoms with Gasteiger partial charge < -0.3 is 9.47 Å². The zero-order valence-electron chi connectivity index (χ0n) is 87.0. The Labute approximate surface area is 765 Å². The van der Waals surface area contributed by atoms with E-state index in [1.54, 1.807) is 48.8 Å². The van der Waals surface area contributed by atoms with Gasteiger partial charge in [-0.25, -0.2) is 9.97 Å². The van der Waals surface area contributed by atoms with Crippen molar-refractivity contribution in [1.82, 2.24) is 28.7 Å². The quantitative estimate of drug-likeness (QED) is 0.165. The van der Waals surface area contributed by atoms with Crippen molar-refractivity contribution >= 4 is 75.1 Å². The first kappa shape index (κ1) is 61.6. The summed E-state index contributed by atoms with van der Waals surface area (Å²) in [5, 5.41) is 0. The highest BCUT2D eigenvalue weighted by atomic mass is 32.1. The lowest BCUT2D eigenvalue weighted by molar-refractivity contribution is 0.306. The molecule has 612 valence electrons. The van der Waals surface area contributed by atoms with Crippen LogP contribution in [-0.4, -0.2) is 28.7 Å². The Kier molecular flexibility index (Phi) is 13.9. The van der Waals surface area contributed by atoms with Gasteiger partial charge in [-0.05, 0) is 236 Å². The molecule has 24 rings (SSSR count). The largest absolute Gasteiger partial charge is 0.456 e. The van der Waals surface area contributed by atoms with Gasteiger partial charge in [-0.3, -0.25) is 18.8 Å². The molecule has 4 aliphatic rings. The number of pyridine rings is 2. The average molecular weight is 1680 g/mol. The summed E-state index contributed by atoms with van der Waals surface area (Å²) in [6.07, 6.45) is -0.287. The van der Waals surface area contributed by atoms with Crippen LogP contribution in [0.15, 0.2) is 291 Å². The van der Waals surface area contributed by atoms with Crippen LogP contribution in [0.3, 0.4) is 0 Å². The summed E-state index contributed by atoms with van der Waals surface area (Å²) in [5.74, 6) is 1.22. The molecule has 2 aliphatic carbocycles. The van der Waals surface area contributed by atoms with Gasteiger partial charge in [-0.2, -0.15) is 0 Å². The number of aromatic nitrogens is 6. The fraction of sp³-hybridized carbons (Fsp3) is 0.172. The van der Waals surface area contributed by atoms with Crippen molar-refractivity contribution in [3.05, 3.63) is 347 Å². The molecule has 20 aromatic rings. The van der Waals surface area contributed by atoms with Crippen LogP contribution in [-0.2, 0) is 34.4 Å². The summed E-state index contributed by atoms with van der Waals surface area (Å²) in [7, 11) is 0. The first-order chi connectivity index (χ1) is 67.3. The van der Waals surface area contributed by atoms with Gasteiger partial charge in [-0.1, -0.05) is 286 Å². The second-order valence-electron chi connectivity index (χ2n) is 35.5. The lowest BCUT2D eigenvalue weighted by atomic mass is 9.60. The zero-order chi connectivity index (χ0) is 99.5. The van der Waals surface area contributed by atoms with E-state index in [-0.39, 0.29) is 33.8 Å². The number of nitrogens with zero attached hydrogens (tertiary/aromatic N) is 6. The monoisotopic (exact) mass is 1680 g/mol. The summed E-state index contributed by atoms with van der Waals surface area (Å²) >= 11 is 3.04. The molecule has 0 N–H and O–H groups in total. The van der Waals surface area contributed by atoms with Crippen LogP contribution in [0.1, 0.15) is 147 Å². The number of aryl methyl sites for hydroxylation is 4. The minimum absolute atomic E-state index is 0.0361. The first-order valence-electron chi connectivity index (χ1n) is 50.6. The molecule has 0 saturated carbocycles. The van der Waals surface area contributed by atoms with Crippen molar-refractivity contribution in [2.45, 2.75) is 131 Å². The van der Waals surface area contributed by atoms with Crippen molar-refractivity contribution in [3.8, 4) is 157 Å². The summed E-state index contributed by atoms with van der Waals surface area (Å²) in [4.78, 5) is 21.9. The SMILES string of the molecule is [2H]C([2H])([2H])c1ccc2c(c1)Oc1c(cc(-c3c(C([2H])([2H])C)ccc4c3nc3sc5ccccc5n34)c(C([2H])([2H])[2H])c1-c1ccc3c(c1)-c1ccccc1-c1ncccc1-c1ccccc1-3)C(C)(C)C2(C)C.[2H]C([2H])([2H])c1ccc2c(c1)Oc1c(cc(-c3c(C([2H])([2H])C)ccc4c3nc3sc5ccccc5n34)c(C([2H])([2H])[2H])c1-c1ccc3c(c1)-c1ccccc1-c1ncccc1-c1ccccc1-3)C(C)(C)C2(C)C. The molecule has 0 radical (unpaired) electrons. The van der Waals surface area contributed by atoms with Gasteiger partial charge in [0.05, 0.1) is 53.9 Å². The van der Waals surface area contributed by atoms with Crippen molar-refractivity contribution in [2.75, 3.05) is 0 Å². The summed E-state index contributed by atoms with van der Waals surface area (Å²) < 4.78 is 167. The third kappa shape index (κ3) is 11.3. The molecule has 126 heavy (non-hydrogen) atoms. The number of hydrogen-bond donors (Lipinski definition) is 0. The Morgan fingerprint density at radius 2 is 0.675 bits per heavy atom. The number of hydrogen-bond acceptors (Lipinski definition) is 8. The van der Waals surface area contributed by atoms with Crippen LogP contribution in [0.4, 0.5) is 0 Å². The minimum atomic E-state index is -2.83. The number of thiazole rings is 2. The summed E-state index contributed by atoms with van der Waals surface area (Å²) in [6.45, 7) is 9.30. The molecule has 0 saturated heterocycles. The fourth-order valence-corrected chi connectivity index (χ4v) is 22.5. The highest BCUT2D eigenvalue weighted by Gasteiger charge is 2.49. The molecule has 10 heteroatoms. The zero-order valence-corrected chi connectivity index (χ0v) is 72.7. The Balaban J connectivity index is 0.000000158. The normalized spacial score (nSPS) is 16.9. The van der Waals surface area contributed by atoms with E-state index in [0.717, 1.165) is 132 Å². The van der Waals surface area contributed by atoms with Crippen LogP contribution in [0.25, 0.3) is 186 Å². The van der Waals surface area contributed by atoms with Gasteiger partial charge in [0.2, 0.25) is 0 Å². The second kappa shape index (κ2) is 28.4. The maximum atomic E-state index is 9.71. The summed E-state index contributed by atoms with van der Waals surface area (Å²) in [6, 6.07) is 90.3. The number of benzene rings is 14. The van der Waals surface area contributed by atoms with E-state index in [0.29, 0.717) is 99.2 Å². The van der Waals surface area contributed by atoms with E-state index in [1.165, 1.54) is 36.5 Å². The van der Waals surface area contributed by atoms with Gasteiger partial charge in [0.1, 0.15) is 23.0 Å². The molecular weight excluding hydrogens is 1570 g/mol. The third-order valence-corrected chi connectivity index (χ3v) is 30.3. The van der Waals surface area contributed by atoms with Crippen LogP contribution < -0.4 is 9.47 Å². The fourth-order valence-electron chi connectivity index (χ4n) is 20.4. The Morgan fingerprint density at radius 1 is 0.317 bits per heavy atom. The van der Waals surface area contributed by atoms with Gasteiger partial charge in [0.15, 0.2) is 9.92 Å². The average Bonchev–Trinajstić information content (AvgIpc) is 1.31. The minimum Gasteiger partial charge on any atom is -0.456 e. The summed E-state index contributed by atoms with van der Waals surface area (Å²) in [5.41, 5.74) is 22.7. The van der Waals surface area contributed by atoms with E-state index in [9.17, 15) is 13.7 Å². The van der Waals surface area contributed by atoms with Crippen molar-refractivity contribution in [2.24, 2.45) is 0 Å². The van der Waals surface area contributed by atoms with Crippen molar-refractivity contribution in [3.63, 3.8) is 0 Å². The molecule has 0 unspecified atom stereocenters. The number of para-hydroxylation sites is 2. The van der Waals surface area contributed by atoms with Crippen LogP contribution in [0.5, 0.6) is 23.0 Å². The highest BCUT2D eigenvalue weighted by Crippen LogP contribution is 2.62. The maximum absolute atomic E-state index is 9.71. The standard InChI is InChI=1S/2C58H47N3OS/c2*1-8-35-25-28-48-54(60-56-61(48)47-21-13-14-22-50(47)63-56)52(35)43-32-46-55(62-49-30-33(2)23-27-45(49)57(4,5)58(46,6)7)51(34(43)3)36-24-26-40-37-16-9-10-17-38(37)42-20-15-29-59-53(42)41-19-12-11-18-39(41)44(40)31-36/h2*9-32H,8H2,1-7H3/i2*2D3,3D3,8D2. The number of fused-ring (bicyclic) bond motifs is 30. The number of rotatable bonds is 6. The Morgan fingerprint density at radius 3 is 1.07 bits per heavy atom. The molecule has 6 aromatic heterocycles. The Bertz CT molecular complexity index is 8280. The van der Waals surface area contributed by atoms with E-state index in [4.69, 9.17) is 37.6 Å². The molecule has 8 nitrogen and oxygen atoms in total. The van der Waals surface area contributed by atoms with Gasteiger partial charge in [-0.15, -0.1) is 0 Å². The van der Waals surface area contributed by atoms with E-state index >= 15 is 0 Å². The van der Waals surface area contributed by atoms with E-state index < -0.39 is 61.8 Å². The number of ether oxygens (including phenoxy) is 2. The van der Waals surface area contributed by atoms with Crippen LogP contribution in [0, 0.1) is 27.4 Å². The predicted molar refractivity (Wildman–Crippen MR) is 527 cm³/mol. The van der Waals surface area contributed by atoms with E-state index in [1.807, 2.05) is 158 Å². The molecule has 0 spiro atoms. The van der Waals surface area contributed by atoms with Gasteiger partial charge in [0.25, 0.3) is 0 Å². The molecular formula is C116H94N6O2S2. The lowest BCUT2D eigenvalue weighted by Crippen LogP contribution is -2.39. The smallest absolute Gasteiger partial charge is 0.195 e. The van der Waals surface area contributed by atoms with Crippen molar-refractivity contribution in [1.29, 1.82) is 0 Å².